The standard InChI is InChI=1S/C12H16FNO3/c1-17-11-6-5-9(8-10(11)13)14-7-3-2-4-12(15)16/h5-6,8,14H,2-4,7H2,1H3,(H,15,16). The fraction of sp³-hybridized carbons (Fsp3) is 0.417. The molecule has 0 fully saturated rings. The molecule has 0 aliphatic carbocycles. The molecule has 0 radical (unpaired) electrons. The number of hydrogen-bond acceptors (Lipinski definition) is 3. The summed E-state index contributed by atoms with van der Waals surface area (Å²) in [7, 11) is 1.41. The molecule has 0 atom stereocenters. The van der Waals surface area contributed by atoms with Crippen LogP contribution in [0.25, 0.3) is 0 Å². The van der Waals surface area contributed by atoms with Gasteiger partial charge in [0.25, 0.3) is 0 Å². The molecule has 0 heterocycles. The lowest BCUT2D eigenvalue weighted by Crippen LogP contribution is -2.03. The minimum Gasteiger partial charge on any atom is -0.494 e. The smallest absolute Gasteiger partial charge is 0.303 e. The Hall–Kier alpha value is -1.78. The van der Waals surface area contributed by atoms with Crippen molar-refractivity contribution in [2.24, 2.45) is 0 Å². The second-order valence-electron chi connectivity index (χ2n) is 3.63. The monoisotopic (exact) mass is 241 g/mol. The first-order valence-electron chi connectivity index (χ1n) is 5.42. The van der Waals surface area contributed by atoms with Gasteiger partial charge in [0.1, 0.15) is 0 Å². The van der Waals surface area contributed by atoms with Crippen molar-refractivity contribution in [1.29, 1.82) is 0 Å². The van der Waals surface area contributed by atoms with Crippen molar-refractivity contribution in [3.8, 4) is 5.75 Å². The lowest BCUT2D eigenvalue weighted by atomic mass is 10.2. The molecule has 0 aliphatic rings. The normalized spacial score (nSPS) is 10.0. The molecule has 1 aromatic rings. The number of rotatable bonds is 7. The lowest BCUT2D eigenvalue weighted by molar-refractivity contribution is -0.137. The van der Waals surface area contributed by atoms with Crippen molar-refractivity contribution in [1.82, 2.24) is 0 Å². The summed E-state index contributed by atoms with van der Waals surface area (Å²) >= 11 is 0. The van der Waals surface area contributed by atoms with Gasteiger partial charge in [0, 0.05) is 24.7 Å². The van der Waals surface area contributed by atoms with E-state index >= 15 is 0 Å². The van der Waals surface area contributed by atoms with E-state index in [2.05, 4.69) is 5.32 Å². The molecular formula is C12H16FNO3. The Morgan fingerprint density at radius 2 is 2.24 bits per heavy atom. The van der Waals surface area contributed by atoms with Crippen LogP contribution in [-0.2, 0) is 4.79 Å². The number of anilines is 1. The third-order valence-electron chi connectivity index (χ3n) is 2.30. The SMILES string of the molecule is COc1ccc(NCCCCC(=O)O)cc1F. The molecule has 94 valence electrons. The maximum Gasteiger partial charge on any atom is 0.303 e. The number of unbranched alkanes of at least 4 members (excludes halogenated alkanes) is 1. The molecule has 4 nitrogen and oxygen atoms in total. The van der Waals surface area contributed by atoms with Crippen LogP contribution in [0.3, 0.4) is 0 Å². The zero-order valence-corrected chi connectivity index (χ0v) is 9.70. The van der Waals surface area contributed by atoms with E-state index in [1.54, 1.807) is 12.1 Å². The van der Waals surface area contributed by atoms with Gasteiger partial charge in [-0.3, -0.25) is 4.79 Å². The Morgan fingerprint density at radius 3 is 2.82 bits per heavy atom. The van der Waals surface area contributed by atoms with Crippen LogP contribution < -0.4 is 10.1 Å². The van der Waals surface area contributed by atoms with E-state index in [9.17, 15) is 9.18 Å². The summed E-state index contributed by atoms with van der Waals surface area (Å²) in [4.78, 5) is 10.3. The van der Waals surface area contributed by atoms with Crippen LogP contribution in [-0.4, -0.2) is 24.7 Å². The maximum absolute atomic E-state index is 13.3. The molecule has 0 saturated heterocycles. The van der Waals surface area contributed by atoms with Crippen LogP contribution >= 0.6 is 0 Å². The van der Waals surface area contributed by atoms with Gasteiger partial charge in [-0.15, -0.1) is 0 Å². The highest BCUT2D eigenvalue weighted by atomic mass is 19.1. The molecule has 0 aromatic heterocycles. The van der Waals surface area contributed by atoms with Crippen molar-refractivity contribution in [3.63, 3.8) is 0 Å². The third kappa shape index (κ3) is 4.72. The molecule has 17 heavy (non-hydrogen) atoms. The number of carbonyl (C=O) groups is 1. The van der Waals surface area contributed by atoms with Gasteiger partial charge < -0.3 is 15.2 Å². The van der Waals surface area contributed by atoms with Crippen molar-refractivity contribution in [3.05, 3.63) is 24.0 Å². The van der Waals surface area contributed by atoms with Crippen LogP contribution in [0.4, 0.5) is 10.1 Å². The molecule has 0 amide bonds. The van der Waals surface area contributed by atoms with E-state index in [0.29, 0.717) is 18.7 Å². The predicted octanol–water partition coefficient (Wildman–Crippen LogP) is 2.50. The van der Waals surface area contributed by atoms with Gasteiger partial charge in [0.15, 0.2) is 11.6 Å². The summed E-state index contributed by atoms with van der Waals surface area (Å²) in [6.07, 6.45) is 1.51. The number of hydrogen-bond donors (Lipinski definition) is 2. The molecule has 1 rings (SSSR count). The fourth-order valence-corrected chi connectivity index (χ4v) is 1.41. The van der Waals surface area contributed by atoms with E-state index in [0.717, 1.165) is 6.42 Å². The highest BCUT2D eigenvalue weighted by Gasteiger charge is 2.02. The summed E-state index contributed by atoms with van der Waals surface area (Å²) in [5, 5.41) is 11.5. The molecule has 2 N–H and O–H groups in total. The van der Waals surface area contributed by atoms with Crippen LogP contribution in [0.1, 0.15) is 19.3 Å². The Morgan fingerprint density at radius 1 is 1.47 bits per heavy atom. The largest absolute Gasteiger partial charge is 0.494 e. The summed E-state index contributed by atoms with van der Waals surface area (Å²) in [6.45, 7) is 0.624. The zero-order valence-electron chi connectivity index (χ0n) is 9.70. The first-order valence-corrected chi connectivity index (χ1v) is 5.42. The second-order valence-corrected chi connectivity index (χ2v) is 3.63. The van der Waals surface area contributed by atoms with Crippen LogP contribution in [0.5, 0.6) is 5.75 Å². The van der Waals surface area contributed by atoms with Gasteiger partial charge in [-0.05, 0) is 25.0 Å². The van der Waals surface area contributed by atoms with E-state index in [4.69, 9.17) is 9.84 Å². The summed E-state index contributed by atoms with van der Waals surface area (Å²) < 4.78 is 18.1. The summed E-state index contributed by atoms with van der Waals surface area (Å²) in [6, 6.07) is 4.63. The van der Waals surface area contributed by atoms with Crippen molar-refractivity contribution in [2.45, 2.75) is 19.3 Å². The van der Waals surface area contributed by atoms with E-state index in [1.165, 1.54) is 13.2 Å². The van der Waals surface area contributed by atoms with Crippen molar-refractivity contribution >= 4 is 11.7 Å². The third-order valence-corrected chi connectivity index (χ3v) is 2.30. The number of ether oxygens (including phenoxy) is 1. The van der Waals surface area contributed by atoms with Crippen molar-refractivity contribution < 1.29 is 19.0 Å². The van der Waals surface area contributed by atoms with Crippen LogP contribution in [0, 0.1) is 5.82 Å². The first-order chi connectivity index (χ1) is 8.13. The Kier molecular flexibility index (Phi) is 5.26. The lowest BCUT2D eigenvalue weighted by Gasteiger charge is -2.07. The van der Waals surface area contributed by atoms with E-state index < -0.39 is 11.8 Å². The Bertz CT molecular complexity index is 382. The van der Waals surface area contributed by atoms with Gasteiger partial charge >= 0.3 is 5.97 Å². The topological polar surface area (TPSA) is 58.6 Å². The Balaban J connectivity index is 2.32. The van der Waals surface area contributed by atoms with Gasteiger partial charge in [-0.2, -0.15) is 0 Å². The minimum absolute atomic E-state index is 0.165. The predicted molar refractivity (Wildman–Crippen MR) is 62.9 cm³/mol. The van der Waals surface area contributed by atoms with Crippen molar-refractivity contribution in [2.75, 3.05) is 19.0 Å². The molecule has 0 aliphatic heterocycles. The average molecular weight is 241 g/mol. The number of carboxylic acids is 1. The molecule has 1 aromatic carbocycles. The number of halogens is 1. The fourth-order valence-electron chi connectivity index (χ4n) is 1.41. The highest BCUT2D eigenvalue weighted by molar-refractivity contribution is 5.66. The highest BCUT2D eigenvalue weighted by Crippen LogP contribution is 2.20. The number of methoxy groups -OCH3 is 1. The van der Waals surface area contributed by atoms with Gasteiger partial charge in [0.2, 0.25) is 0 Å². The molecule has 5 heteroatoms. The quantitative estimate of drug-likeness (QED) is 0.720. The number of nitrogens with one attached hydrogen (secondary N) is 1. The Labute approximate surface area is 99.4 Å². The van der Waals surface area contributed by atoms with E-state index in [-0.39, 0.29) is 12.2 Å². The molecular weight excluding hydrogens is 225 g/mol. The number of benzene rings is 1. The molecule has 0 unspecified atom stereocenters. The molecule has 0 bridgehead atoms. The van der Waals surface area contributed by atoms with Gasteiger partial charge in [-0.1, -0.05) is 0 Å². The minimum atomic E-state index is -0.791. The van der Waals surface area contributed by atoms with Gasteiger partial charge in [-0.25, -0.2) is 4.39 Å². The van der Waals surface area contributed by atoms with E-state index in [1.807, 2.05) is 0 Å². The van der Waals surface area contributed by atoms with Gasteiger partial charge in [0.05, 0.1) is 7.11 Å². The maximum atomic E-state index is 13.3. The summed E-state index contributed by atoms with van der Waals surface area (Å²) in [5.74, 6) is -0.995. The average Bonchev–Trinajstić information content (AvgIpc) is 2.28. The van der Waals surface area contributed by atoms with Crippen LogP contribution in [0.2, 0.25) is 0 Å². The molecule has 0 saturated carbocycles. The summed E-state index contributed by atoms with van der Waals surface area (Å²) in [5.41, 5.74) is 0.665. The molecule has 0 spiro atoms. The second kappa shape index (κ2) is 6.73. The van der Waals surface area contributed by atoms with Crippen LogP contribution in [0.15, 0.2) is 18.2 Å². The zero-order chi connectivity index (χ0) is 12.7. The number of carboxylic acid groups (broad SMARTS) is 1. The number of aliphatic carboxylic acids is 1. The first kappa shape index (κ1) is 13.3.